The summed E-state index contributed by atoms with van der Waals surface area (Å²) in [6, 6.07) is 13.3. The minimum atomic E-state index is -0.685. The summed E-state index contributed by atoms with van der Waals surface area (Å²) < 4.78 is 11.2. The zero-order valence-electron chi connectivity index (χ0n) is 20.6. The largest absolute Gasteiger partial charge is 0.507 e. The van der Waals surface area contributed by atoms with Crippen LogP contribution >= 0.6 is 11.6 Å². The molecule has 1 N–H and O–H groups in total. The standard InChI is InChI=1S/C28H33ClN2O5/c1-2-3-17-36-23-11-7-20(8-12-23)25-24(26(32)21-5-9-22(29)10-6-21)27(33)28(34)31(25)14-4-13-30-15-18-35-19-16-30/h5-12,25,32H,2-4,13-19H2,1H3/t25-/m0/s1. The van der Waals surface area contributed by atoms with Crippen molar-refractivity contribution in [1.82, 2.24) is 9.80 Å². The fraction of sp³-hybridized carbons (Fsp3) is 0.429. The van der Waals surface area contributed by atoms with Crippen molar-refractivity contribution in [3.05, 3.63) is 70.3 Å². The third-order valence-electron chi connectivity index (χ3n) is 6.60. The summed E-state index contributed by atoms with van der Waals surface area (Å²) in [5.41, 5.74) is 1.28. The molecule has 0 saturated carbocycles. The maximum atomic E-state index is 13.2. The Morgan fingerprint density at radius 1 is 1.03 bits per heavy atom. The van der Waals surface area contributed by atoms with Gasteiger partial charge in [0.1, 0.15) is 11.5 Å². The third-order valence-corrected chi connectivity index (χ3v) is 6.85. The minimum Gasteiger partial charge on any atom is -0.507 e. The summed E-state index contributed by atoms with van der Waals surface area (Å²) in [5, 5.41) is 11.7. The van der Waals surface area contributed by atoms with Crippen LogP contribution in [0, 0.1) is 0 Å². The fourth-order valence-electron chi connectivity index (χ4n) is 4.59. The number of hydrogen-bond donors (Lipinski definition) is 1. The number of morpholine rings is 1. The first-order valence-electron chi connectivity index (χ1n) is 12.6. The van der Waals surface area contributed by atoms with Crippen LogP contribution in [-0.2, 0) is 14.3 Å². The average Bonchev–Trinajstić information content (AvgIpc) is 3.15. The molecule has 36 heavy (non-hydrogen) atoms. The number of Topliss-reactive ketones (excluding diaryl/α,β-unsaturated/α-hetero) is 1. The van der Waals surface area contributed by atoms with Gasteiger partial charge < -0.3 is 19.5 Å². The number of rotatable bonds is 10. The molecule has 2 heterocycles. The van der Waals surface area contributed by atoms with E-state index < -0.39 is 17.7 Å². The van der Waals surface area contributed by atoms with Crippen LogP contribution in [-0.4, -0.2) is 72.6 Å². The highest BCUT2D eigenvalue weighted by molar-refractivity contribution is 6.46. The Bertz CT molecular complexity index is 1080. The Labute approximate surface area is 217 Å². The zero-order valence-corrected chi connectivity index (χ0v) is 21.4. The van der Waals surface area contributed by atoms with E-state index in [0.29, 0.717) is 43.4 Å². The highest BCUT2D eigenvalue weighted by atomic mass is 35.5. The Hall–Kier alpha value is -2.87. The second kappa shape index (κ2) is 12.4. The van der Waals surface area contributed by atoms with Crippen LogP contribution in [0.5, 0.6) is 5.75 Å². The summed E-state index contributed by atoms with van der Waals surface area (Å²) in [6.07, 6.45) is 2.72. The van der Waals surface area contributed by atoms with Crippen LogP contribution in [0.1, 0.15) is 43.4 Å². The van der Waals surface area contributed by atoms with Gasteiger partial charge in [-0.2, -0.15) is 0 Å². The predicted octanol–water partition coefficient (Wildman–Crippen LogP) is 4.66. The molecule has 0 aromatic heterocycles. The van der Waals surface area contributed by atoms with Gasteiger partial charge in [0.05, 0.1) is 31.4 Å². The highest BCUT2D eigenvalue weighted by Crippen LogP contribution is 2.40. The van der Waals surface area contributed by atoms with Gasteiger partial charge in [-0.1, -0.05) is 37.1 Å². The number of benzene rings is 2. The molecule has 0 bridgehead atoms. The van der Waals surface area contributed by atoms with Gasteiger partial charge in [0.2, 0.25) is 0 Å². The van der Waals surface area contributed by atoms with Crippen LogP contribution in [0.2, 0.25) is 5.02 Å². The maximum Gasteiger partial charge on any atom is 0.295 e. The van der Waals surface area contributed by atoms with Gasteiger partial charge >= 0.3 is 0 Å². The third kappa shape index (κ3) is 6.09. The fourth-order valence-corrected chi connectivity index (χ4v) is 4.72. The molecule has 8 heteroatoms. The van der Waals surface area contributed by atoms with E-state index >= 15 is 0 Å². The molecule has 4 rings (SSSR count). The molecule has 0 spiro atoms. The van der Waals surface area contributed by atoms with Gasteiger partial charge in [0, 0.05) is 36.8 Å². The second-order valence-electron chi connectivity index (χ2n) is 9.08. The molecule has 0 aliphatic carbocycles. The van der Waals surface area contributed by atoms with Gasteiger partial charge in [0.25, 0.3) is 11.7 Å². The van der Waals surface area contributed by atoms with Gasteiger partial charge in [-0.25, -0.2) is 0 Å². The van der Waals surface area contributed by atoms with Crippen molar-refractivity contribution in [3.8, 4) is 5.75 Å². The Kier molecular flexibility index (Phi) is 9.02. The summed E-state index contributed by atoms with van der Waals surface area (Å²) in [5.74, 6) is -0.744. The molecule has 2 aromatic rings. The molecule has 0 unspecified atom stereocenters. The Balaban J connectivity index is 1.62. The number of hydrogen-bond acceptors (Lipinski definition) is 6. The first-order valence-corrected chi connectivity index (χ1v) is 12.9. The van der Waals surface area contributed by atoms with Crippen LogP contribution in [0.15, 0.2) is 54.1 Å². The number of ether oxygens (including phenoxy) is 2. The molecular formula is C28H33ClN2O5. The molecule has 192 valence electrons. The number of carbonyl (C=O) groups excluding carboxylic acids is 2. The van der Waals surface area contributed by atoms with E-state index in [1.54, 1.807) is 29.2 Å². The van der Waals surface area contributed by atoms with Gasteiger partial charge in [0.15, 0.2) is 0 Å². The number of nitrogens with zero attached hydrogens (tertiary/aromatic N) is 2. The van der Waals surface area contributed by atoms with E-state index in [1.807, 2.05) is 24.3 Å². The first kappa shape index (κ1) is 26.2. The number of likely N-dealkylation sites (tertiary alicyclic amines) is 1. The lowest BCUT2D eigenvalue weighted by Crippen LogP contribution is -2.38. The van der Waals surface area contributed by atoms with Crippen LogP contribution in [0.3, 0.4) is 0 Å². The molecule has 1 atom stereocenters. The van der Waals surface area contributed by atoms with E-state index in [2.05, 4.69) is 11.8 Å². The summed E-state index contributed by atoms with van der Waals surface area (Å²) in [6.45, 7) is 7.08. The maximum absolute atomic E-state index is 13.2. The number of ketones is 1. The second-order valence-corrected chi connectivity index (χ2v) is 9.51. The average molecular weight is 513 g/mol. The summed E-state index contributed by atoms with van der Waals surface area (Å²) >= 11 is 6.01. The topological polar surface area (TPSA) is 79.3 Å². The number of aliphatic hydroxyl groups excluding tert-OH is 1. The number of unbranched alkanes of at least 4 members (excludes halogenated alkanes) is 1. The minimum absolute atomic E-state index is 0.0911. The van der Waals surface area contributed by atoms with E-state index in [0.717, 1.165) is 43.8 Å². The lowest BCUT2D eigenvalue weighted by molar-refractivity contribution is -0.140. The number of aliphatic hydroxyl groups is 1. The van der Waals surface area contributed by atoms with E-state index in [4.69, 9.17) is 21.1 Å². The summed E-state index contributed by atoms with van der Waals surface area (Å²) in [7, 11) is 0. The number of carbonyl (C=O) groups is 2. The molecule has 2 aliphatic rings. The number of halogens is 1. The predicted molar refractivity (Wildman–Crippen MR) is 139 cm³/mol. The van der Waals surface area contributed by atoms with Crippen molar-refractivity contribution in [2.75, 3.05) is 46.0 Å². The van der Waals surface area contributed by atoms with E-state index in [-0.39, 0.29) is 11.3 Å². The van der Waals surface area contributed by atoms with Crippen LogP contribution in [0.25, 0.3) is 5.76 Å². The van der Waals surface area contributed by atoms with Crippen molar-refractivity contribution in [2.24, 2.45) is 0 Å². The SMILES string of the molecule is CCCCOc1ccc([C@H]2C(=C(O)c3ccc(Cl)cc3)C(=O)C(=O)N2CCCN2CCOCC2)cc1. The van der Waals surface area contributed by atoms with Crippen molar-refractivity contribution in [2.45, 2.75) is 32.2 Å². The quantitative estimate of drug-likeness (QED) is 0.216. The monoisotopic (exact) mass is 512 g/mol. The number of amides is 1. The highest BCUT2D eigenvalue weighted by Gasteiger charge is 2.45. The molecule has 7 nitrogen and oxygen atoms in total. The van der Waals surface area contributed by atoms with Crippen molar-refractivity contribution >= 4 is 29.1 Å². The van der Waals surface area contributed by atoms with Gasteiger partial charge in [-0.15, -0.1) is 0 Å². The molecule has 1 amide bonds. The Morgan fingerprint density at radius 3 is 2.39 bits per heavy atom. The van der Waals surface area contributed by atoms with Crippen molar-refractivity contribution in [1.29, 1.82) is 0 Å². The normalized spacial score (nSPS) is 20.2. The summed E-state index contributed by atoms with van der Waals surface area (Å²) in [4.78, 5) is 30.2. The van der Waals surface area contributed by atoms with Gasteiger partial charge in [-0.05, 0) is 54.8 Å². The molecule has 2 fully saturated rings. The molecule has 0 radical (unpaired) electrons. The molecule has 2 aromatic carbocycles. The molecule has 2 aliphatic heterocycles. The van der Waals surface area contributed by atoms with Crippen LogP contribution < -0.4 is 4.74 Å². The molecule has 2 saturated heterocycles. The Morgan fingerprint density at radius 2 is 1.72 bits per heavy atom. The smallest absolute Gasteiger partial charge is 0.295 e. The van der Waals surface area contributed by atoms with E-state index in [9.17, 15) is 14.7 Å². The van der Waals surface area contributed by atoms with Crippen LogP contribution in [0.4, 0.5) is 0 Å². The van der Waals surface area contributed by atoms with E-state index in [1.165, 1.54) is 0 Å². The lowest BCUT2D eigenvalue weighted by Gasteiger charge is -2.29. The van der Waals surface area contributed by atoms with Crippen molar-refractivity contribution in [3.63, 3.8) is 0 Å². The lowest BCUT2D eigenvalue weighted by atomic mass is 9.95. The zero-order chi connectivity index (χ0) is 25.5. The molecular weight excluding hydrogens is 480 g/mol. The van der Waals surface area contributed by atoms with Crippen molar-refractivity contribution < 1.29 is 24.2 Å². The first-order chi connectivity index (χ1) is 17.5. The van der Waals surface area contributed by atoms with Gasteiger partial charge in [-0.3, -0.25) is 14.5 Å².